The second-order valence-corrected chi connectivity index (χ2v) is 4.68. The number of nitrogens with zero attached hydrogens (tertiary/aromatic N) is 1. The number of nitrogens with one attached hydrogen (secondary N) is 1. The van der Waals surface area contributed by atoms with Crippen LogP contribution in [0.4, 0.5) is 5.69 Å². The number of aromatic nitrogens is 1. The first-order chi connectivity index (χ1) is 9.15. The smallest absolute Gasteiger partial charge is 0.256 e. The SMILES string of the molecule is Cc1ccc(NC(=O)C2=C3C=CC=C3C=C2)c(C)n1. The maximum Gasteiger partial charge on any atom is 0.256 e. The molecule has 2 aliphatic carbocycles. The Morgan fingerprint density at radius 3 is 2.79 bits per heavy atom. The van der Waals surface area contributed by atoms with E-state index < -0.39 is 0 Å². The monoisotopic (exact) mass is 250 g/mol. The number of allylic oxidation sites excluding steroid dienone is 6. The highest BCUT2D eigenvalue weighted by molar-refractivity contribution is 6.08. The van der Waals surface area contributed by atoms with Crippen molar-refractivity contribution in [2.45, 2.75) is 13.8 Å². The summed E-state index contributed by atoms with van der Waals surface area (Å²) in [6.45, 7) is 3.83. The van der Waals surface area contributed by atoms with Crippen LogP contribution < -0.4 is 5.32 Å². The standard InChI is InChI=1S/C16H14N2O/c1-10-6-9-15(11(2)17-10)18-16(19)14-8-7-12-4-3-5-13(12)14/h3-9H,1-2H3,(H,18,19). The van der Waals surface area contributed by atoms with Crippen molar-refractivity contribution in [1.82, 2.24) is 4.98 Å². The highest BCUT2D eigenvalue weighted by atomic mass is 16.1. The van der Waals surface area contributed by atoms with Gasteiger partial charge in [0.2, 0.25) is 0 Å². The summed E-state index contributed by atoms with van der Waals surface area (Å²) in [5.41, 5.74) is 5.34. The number of fused-ring (bicyclic) bond motifs is 1. The second-order valence-electron chi connectivity index (χ2n) is 4.68. The van der Waals surface area contributed by atoms with Crippen LogP contribution in [0.15, 0.2) is 59.2 Å². The molecule has 1 aromatic rings. The molecule has 3 nitrogen and oxygen atoms in total. The molecule has 94 valence electrons. The van der Waals surface area contributed by atoms with Gasteiger partial charge in [-0.15, -0.1) is 0 Å². The normalized spacial score (nSPS) is 15.8. The van der Waals surface area contributed by atoms with E-state index in [0.29, 0.717) is 5.57 Å². The third kappa shape index (κ3) is 2.03. The van der Waals surface area contributed by atoms with Crippen LogP contribution in [0, 0.1) is 13.8 Å². The van der Waals surface area contributed by atoms with Crippen molar-refractivity contribution >= 4 is 11.6 Å². The Balaban J connectivity index is 1.87. The average Bonchev–Trinajstić information content (AvgIpc) is 2.94. The van der Waals surface area contributed by atoms with Gasteiger partial charge < -0.3 is 5.32 Å². The molecule has 1 aromatic heterocycles. The van der Waals surface area contributed by atoms with Gasteiger partial charge in [0.25, 0.3) is 5.91 Å². The van der Waals surface area contributed by atoms with E-state index in [-0.39, 0.29) is 5.91 Å². The Labute approximate surface area is 112 Å². The number of hydrogen-bond acceptors (Lipinski definition) is 2. The summed E-state index contributed by atoms with van der Waals surface area (Å²) >= 11 is 0. The Morgan fingerprint density at radius 1 is 1.16 bits per heavy atom. The fourth-order valence-corrected chi connectivity index (χ4v) is 2.29. The average molecular weight is 250 g/mol. The number of anilines is 1. The van der Waals surface area contributed by atoms with E-state index in [1.807, 2.05) is 56.4 Å². The first-order valence-electron chi connectivity index (χ1n) is 6.22. The first-order valence-corrected chi connectivity index (χ1v) is 6.22. The maximum absolute atomic E-state index is 12.3. The lowest BCUT2D eigenvalue weighted by molar-refractivity contribution is -0.112. The molecule has 0 saturated heterocycles. The number of rotatable bonds is 2. The maximum atomic E-state index is 12.3. The molecule has 1 N–H and O–H groups in total. The third-order valence-electron chi connectivity index (χ3n) is 3.29. The molecule has 0 fully saturated rings. The molecule has 0 radical (unpaired) electrons. The minimum Gasteiger partial charge on any atom is -0.320 e. The van der Waals surface area contributed by atoms with E-state index in [4.69, 9.17) is 0 Å². The van der Waals surface area contributed by atoms with Crippen molar-refractivity contribution in [1.29, 1.82) is 0 Å². The molecule has 0 aliphatic heterocycles. The Kier molecular flexibility index (Phi) is 2.67. The lowest BCUT2D eigenvalue weighted by Crippen LogP contribution is -2.15. The van der Waals surface area contributed by atoms with Crippen LogP contribution in [-0.2, 0) is 4.79 Å². The minimum absolute atomic E-state index is 0.0880. The van der Waals surface area contributed by atoms with Crippen molar-refractivity contribution in [3.05, 3.63) is 70.6 Å². The largest absolute Gasteiger partial charge is 0.320 e. The van der Waals surface area contributed by atoms with Crippen molar-refractivity contribution in [3.8, 4) is 0 Å². The van der Waals surface area contributed by atoms with Gasteiger partial charge in [-0.1, -0.05) is 24.3 Å². The molecule has 19 heavy (non-hydrogen) atoms. The summed E-state index contributed by atoms with van der Waals surface area (Å²) in [6, 6.07) is 3.78. The highest BCUT2D eigenvalue weighted by Crippen LogP contribution is 2.30. The fourth-order valence-electron chi connectivity index (χ4n) is 2.29. The summed E-state index contributed by atoms with van der Waals surface area (Å²) in [6.07, 6.45) is 9.75. The molecule has 0 aromatic carbocycles. The highest BCUT2D eigenvalue weighted by Gasteiger charge is 2.20. The number of carbonyl (C=O) groups is 1. The van der Waals surface area contributed by atoms with E-state index in [1.54, 1.807) is 0 Å². The van der Waals surface area contributed by atoms with E-state index in [0.717, 1.165) is 28.2 Å². The van der Waals surface area contributed by atoms with Crippen LogP contribution in [0.5, 0.6) is 0 Å². The predicted octanol–water partition coefficient (Wildman–Crippen LogP) is 3.00. The first kappa shape index (κ1) is 11.7. The minimum atomic E-state index is -0.0880. The molecule has 1 heterocycles. The molecule has 3 rings (SSSR count). The zero-order valence-corrected chi connectivity index (χ0v) is 10.9. The van der Waals surface area contributed by atoms with Gasteiger partial charge in [-0.3, -0.25) is 9.78 Å². The van der Waals surface area contributed by atoms with Gasteiger partial charge in [0.1, 0.15) is 0 Å². The molecule has 0 spiro atoms. The second kappa shape index (κ2) is 4.35. The number of hydrogen-bond donors (Lipinski definition) is 1. The van der Waals surface area contributed by atoms with Gasteiger partial charge >= 0.3 is 0 Å². The summed E-state index contributed by atoms with van der Waals surface area (Å²) in [5, 5.41) is 2.92. The van der Waals surface area contributed by atoms with Gasteiger partial charge in [0.15, 0.2) is 0 Å². The van der Waals surface area contributed by atoms with Gasteiger partial charge in [-0.05, 0) is 43.2 Å². The van der Waals surface area contributed by atoms with E-state index in [9.17, 15) is 4.79 Å². The van der Waals surface area contributed by atoms with Gasteiger partial charge in [-0.2, -0.15) is 0 Å². The lowest BCUT2D eigenvalue weighted by Gasteiger charge is -2.09. The quantitative estimate of drug-likeness (QED) is 0.876. The van der Waals surface area contributed by atoms with Crippen LogP contribution >= 0.6 is 0 Å². The van der Waals surface area contributed by atoms with Crippen molar-refractivity contribution < 1.29 is 4.79 Å². The predicted molar refractivity (Wildman–Crippen MR) is 75.7 cm³/mol. The van der Waals surface area contributed by atoms with E-state index in [2.05, 4.69) is 10.3 Å². The van der Waals surface area contributed by atoms with Crippen molar-refractivity contribution in [2.24, 2.45) is 0 Å². The molecule has 2 aliphatic rings. The topological polar surface area (TPSA) is 42.0 Å². The Hall–Kier alpha value is -2.42. The summed E-state index contributed by atoms with van der Waals surface area (Å²) < 4.78 is 0. The number of pyridine rings is 1. The van der Waals surface area contributed by atoms with Gasteiger partial charge in [0.05, 0.1) is 11.4 Å². The molecule has 0 unspecified atom stereocenters. The molecular formula is C16H14N2O. The van der Waals surface area contributed by atoms with Crippen LogP contribution in [0.3, 0.4) is 0 Å². The molecule has 1 amide bonds. The molecule has 3 heteroatoms. The van der Waals surface area contributed by atoms with Gasteiger partial charge in [-0.25, -0.2) is 0 Å². The molecule has 0 atom stereocenters. The van der Waals surface area contributed by atoms with Crippen LogP contribution in [0.1, 0.15) is 11.4 Å². The molecule has 0 bridgehead atoms. The number of carbonyl (C=O) groups excluding carboxylic acids is 1. The van der Waals surface area contributed by atoms with Crippen LogP contribution in [0.2, 0.25) is 0 Å². The summed E-state index contributed by atoms with van der Waals surface area (Å²) in [7, 11) is 0. The fraction of sp³-hybridized carbons (Fsp3) is 0.125. The summed E-state index contributed by atoms with van der Waals surface area (Å²) in [5.74, 6) is -0.0880. The van der Waals surface area contributed by atoms with Gasteiger partial charge in [0, 0.05) is 11.3 Å². The summed E-state index contributed by atoms with van der Waals surface area (Å²) in [4.78, 5) is 16.6. The number of amides is 1. The Morgan fingerprint density at radius 2 is 2.00 bits per heavy atom. The van der Waals surface area contributed by atoms with E-state index in [1.165, 1.54) is 0 Å². The Bertz CT molecular complexity index is 691. The van der Waals surface area contributed by atoms with Crippen molar-refractivity contribution in [3.63, 3.8) is 0 Å². The third-order valence-corrected chi connectivity index (χ3v) is 3.29. The zero-order valence-electron chi connectivity index (χ0n) is 10.9. The zero-order chi connectivity index (χ0) is 13.4. The van der Waals surface area contributed by atoms with Crippen LogP contribution in [0.25, 0.3) is 0 Å². The molecular weight excluding hydrogens is 236 g/mol. The van der Waals surface area contributed by atoms with Crippen molar-refractivity contribution in [2.75, 3.05) is 5.32 Å². The number of aryl methyl sites for hydroxylation is 2. The molecule has 0 saturated carbocycles. The van der Waals surface area contributed by atoms with Crippen LogP contribution in [-0.4, -0.2) is 10.9 Å². The lowest BCUT2D eigenvalue weighted by atomic mass is 10.1. The van der Waals surface area contributed by atoms with E-state index >= 15 is 0 Å².